The van der Waals surface area contributed by atoms with E-state index in [4.69, 9.17) is 4.74 Å². The summed E-state index contributed by atoms with van der Waals surface area (Å²) in [5, 5.41) is 10.6. The van der Waals surface area contributed by atoms with Crippen molar-refractivity contribution in [1.82, 2.24) is 20.4 Å². The van der Waals surface area contributed by atoms with Gasteiger partial charge in [0.25, 0.3) is 0 Å². The van der Waals surface area contributed by atoms with Crippen LogP contribution < -0.4 is 5.32 Å². The largest absolute Gasteiger partial charge is 0.372 e. The number of morpholine rings is 1. The zero-order valence-corrected chi connectivity index (χ0v) is 15.0. The Bertz CT molecular complexity index is 511. The van der Waals surface area contributed by atoms with Crippen LogP contribution >= 0.6 is 0 Å². The van der Waals surface area contributed by atoms with Gasteiger partial charge in [-0.05, 0) is 13.8 Å². The molecule has 1 aliphatic rings. The first-order valence-corrected chi connectivity index (χ1v) is 8.44. The zero-order chi connectivity index (χ0) is 17.0. The summed E-state index contributed by atoms with van der Waals surface area (Å²) < 4.78 is 5.67. The van der Waals surface area contributed by atoms with Gasteiger partial charge in [0.2, 0.25) is 5.91 Å². The number of ether oxygens (including phenoxy) is 1. The van der Waals surface area contributed by atoms with Gasteiger partial charge >= 0.3 is 0 Å². The molecule has 1 amide bonds. The van der Waals surface area contributed by atoms with Crippen molar-refractivity contribution >= 4 is 5.91 Å². The van der Waals surface area contributed by atoms with Crippen molar-refractivity contribution in [2.45, 2.75) is 65.2 Å². The molecule has 0 bridgehead atoms. The Kier molecular flexibility index (Phi) is 5.81. The van der Waals surface area contributed by atoms with Crippen LogP contribution in [-0.4, -0.2) is 52.8 Å². The maximum Gasteiger partial charge on any atom is 0.224 e. The Morgan fingerprint density at radius 2 is 2.04 bits per heavy atom. The average molecular weight is 322 g/mol. The van der Waals surface area contributed by atoms with Gasteiger partial charge in [-0.1, -0.05) is 20.8 Å². The molecule has 1 fully saturated rings. The number of nitrogens with zero attached hydrogens (tertiary/aromatic N) is 2. The first-order valence-electron chi connectivity index (χ1n) is 8.44. The van der Waals surface area contributed by atoms with Gasteiger partial charge in [-0.25, -0.2) is 0 Å². The van der Waals surface area contributed by atoms with Gasteiger partial charge in [-0.3, -0.25) is 9.89 Å². The third-order valence-corrected chi connectivity index (χ3v) is 4.07. The summed E-state index contributed by atoms with van der Waals surface area (Å²) >= 11 is 0. The number of aromatic nitrogens is 2. The Hall–Kier alpha value is -1.40. The standard InChI is InChI=1S/C17H30N4O2/c1-12-10-21(11-13(2)23-12)15(22)6-7-18-8-14-9-19-20-16(14)17(3,4)5/h9,12-13,18H,6-8,10-11H2,1-5H3,(H,19,20)/t12-,13-/m0/s1. The molecule has 130 valence electrons. The van der Waals surface area contributed by atoms with Gasteiger partial charge < -0.3 is 15.0 Å². The number of hydrogen-bond acceptors (Lipinski definition) is 4. The third kappa shape index (κ3) is 5.04. The fourth-order valence-electron chi connectivity index (χ4n) is 3.05. The average Bonchev–Trinajstić information content (AvgIpc) is 2.90. The molecule has 0 spiro atoms. The van der Waals surface area contributed by atoms with E-state index in [1.165, 1.54) is 5.56 Å². The molecule has 0 aliphatic carbocycles. The Morgan fingerprint density at radius 1 is 1.39 bits per heavy atom. The van der Waals surface area contributed by atoms with Crippen LogP contribution in [-0.2, 0) is 21.5 Å². The summed E-state index contributed by atoms with van der Waals surface area (Å²) in [5.74, 6) is 0.197. The van der Waals surface area contributed by atoms with Crippen molar-refractivity contribution in [2.24, 2.45) is 0 Å². The van der Waals surface area contributed by atoms with Gasteiger partial charge in [0.1, 0.15) is 0 Å². The third-order valence-electron chi connectivity index (χ3n) is 4.07. The number of aromatic amines is 1. The lowest BCUT2D eigenvalue weighted by Gasteiger charge is -2.35. The lowest BCUT2D eigenvalue weighted by atomic mass is 9.89. The zero-order valence-electron chi connectivity index (χ0n) is 15.0. The maximum absolute atomic E-state index is 12.3. The summed E-state index contributed by atoms with van der Waals surface area (Å²) in [7, 11) is 0. The highest BCUT2D eigenvalue weighted by atomic mass is 16.5. The van der Waals surface area contributed by atoms with Crippen LogP contribution in [0.1, 0.15) is 52.3 Å². The number of nitrogens with one attached hydrogen (secondary N) is 2. The molecule has 2 heterocycles. The molecule has 6 heteroatoms. The smallest absolute Gasteiger partial charge is 0.224 e. The molecule has 2 atom stereocenters. The minimum Gasteiger partial charge on any atom is -0.372 e. The minimum absolute atomic E-state index is 0.0451. The predicted molar refractivity (Wildman–Crippen MR) is 90.2 cm³/mol. The van der Waals surface area contributed by atoms with Gasteiger partial charge in [0.15, 0.2) is 0 Å². The molecule has 23 heavy (non-hydrogen) atoms. The number of carbonyl (C=O) groups excluding carboxylic acids is 1. The molecule has 1 aliphatic heterocycles. The van der Waals surface area contributed by atoms with Crippen molar-refractivity contribution < 1.29 is 9.53 Å². The van der Waals surface area contributed by atoms with Crippen LogP contribution in [0.15, 0.2) is 6.20 Å². The molecule has 1 aromatic heterocycles. The topological polar surface area (TPSA) is 70.2 Å². The number of rotatable bonds is 5. The van der Waals surface area contributed by atoms with Crippen LogP contribution in [0.4, 0.5) is 0 Å². The molecule has 2 rings (SSSR count). The first-order chi connectivity index (χ1) is 10.8. The number of amides is 1. The van der Waals surface area contributed by atoms with Crippen LogP contribution in [0.5, 0.6) is 0 Å². The molecule has 1 aromatic rings. The second kappa shape index (κ2) is 7.45. The van der Waals surface area contributed by atoms with E-state index in [0.29, 0.717) is 26.1 Å². The normalized spacial score (nSPS) is 22.4. The molecule has 0 saturated carbocycles. The number of carbonyl (C=O) groups is 1. The fourth-order valence-corrected chi connectivity index (χ4v) is 3.05. The number of H-pyrrole nitrogens is 1. The predicted octanol–water partition coefficient (Wildman–Crippen LogP) is 1.82. The lowest BCUT2D eigenvalue weighted by molar-refractivity contribution is -0.143. The minimum atomic E-state index is 0.0451. The van der Waals surface area contributed by atoms with Crippen molar-refractivity contribution in [3.63, 3.8) is 0 Å². The van der Waals surface area contributed by atoms with E-state index in [-0.39, 0.29) is 23.5 Å². The second-order valence-corrected chi connectivity index (χ2v) is 7.50. The van der Waals surface area contributed by atoms with E-state index in [0.717, 1.165) is 12.2 Å². The Balaban J connectivity index is 1.75. The Morgan fingerprint density at radius 3 is 2.65 bits per heavy atom. The maximum atomic E-state index is 12.3. The van der Waals surface area contributed by atoms with Crippen molar-refractivity contribution in [3.8, 4) is 0 Å². The SMILES string of the molecule is C[C@H]1CN(C(=O)CCNCc2cn[nH]c2C(C)(C)C)C[C@H](C)O1. The van der Waals surface area contributed by atoms with Crippen LogP contribution in [0.3, 0.4) is 0 Å². The molecular formula is C17H30N4O2. The molecule has 1 saturated heterocycles. The Labute approximate surface area is 139 Å². The van der Waals surface area contributed by atoms with Gasteiger partial charge in [0, 0.05) is 49.3 Å². The van der Waals surface area contributed by atoms with Gasteiger partial charge in [-0.2, -0.15) is 5.10 Å². The summed E-state index contributed by atoms with van der Waals surface area (Å²) in [6.45, 7) is 13.3. The van der Waals surface area contributed by atoms with Gasteiger partial charge in [0.05, 0.1) is 18.4 Å². The lowest BCUT2D eigenvalue weighted by Crippen LogP contribution is -2.48. The van der Waals surface area contributed by atoms with Crippen LogP contribution in [0.25, 0.3) is 0 Å². The van der Waals surface area contributed by atoms with Crippen LogP contribution in [0.2, 0.25) is 0 Å². The molecule has 0 unspecified atom stereocenters. The summed E-state index contributed by atoms with van der Waals surface area (Å²) in [5.41, 5.74) is 2.36. The molecule has 0 radical (unpaired) electrons. The van der Waals surface area contributed by atoms with Gasteiger partial charge in [-0.15, -0.1) is 0 Å². The first kappa shape index (κ1) is 17.9. The summed E-state index contributed by atoms with van der Waals surface area (Å²) in [6, 6.07) is 0. The van der Waals surface area contributed by atoms with Crippen LogP contribution in [0, 0.1) is 0 Å². The molecular weight excluding hydrogens is 292 g/mol. The van der Waals surface area contributed by atoms with E-state index in [2.05, 4.69) is 36.3 Å². The van der Waals surface area contributed by atoms with E-state index >= 15 is 0 Å². The number of hydrogen-bond donors (Lipinski definition) is 2. The summed E-state index contributed by atoms with van der Waals surface area (Å²) in [4.78, 5) is 14.2. The van der Waals surface area contributed by atoms with E-state index < -0.39 is 0 Å². The van der Waals surface area contributed by atoms with Crippen molar-refractivity contribution in [2.75, 3.05) is 19.6 Å². The molecule has 0 aromatic carbocycles. The quantitative estimate of drug-likeness (QED) is 0.811. The van der Waals surface area contributed by atoms with E-state index in [1.807, 2.05) is 24.9 Å². The highest BCUT2D eigenvalue weighted by molar-refractivity contribution is 5.76. The summed E-state index contributed by atoms with van der Waals surface area (Å²) in [6.07, 6.45) is 2.62. The van der Waals surface area contributed by atoms with Crippen molar-refractivity contribution in [3.05, 3.63) is 17.5 Å². The molecule has 6 nitrogen and oxygen atoms in total. The second-order valence-electron chi connectivity index (χ2n) is 7.50. The fraction of sp³-hybridized carbons (Fsp3) is 0.765. The van der Waals surface area contributed by atoms with Crippen molar-refractivity contribution in [1.29, 1.82) is 0 Å². The monoisotopic (exact) mass is 322 g/mol. The van der Waals surface area contributed by atoms with E-state index in [1.54, 1.807) is 0 Å². The molecule has 2 N–H and O–H groups in total. The van der Waals surface area contributed by atoms with E-state index in [9.17, 15) is 4.79 Å². The highest BCUT2D eigenvalue weighted by Crippen LogP contribution is 2.23. The highest BCUT2D eigenvalue weighted by Gasteiger charge is 2.25.